The number of hydrogen-bond acceptors (Lipinski definition) is 4. The van der Waals surface area contributed by atoms with Crippen molar-refractivity contribution in [2.75, 3.05) is 19.8 Å². The summed E-state index contributed by atoms with van der Waals surface area (Å²) in [5, 5.41) is 4.81. The third-order valence-corrected chi connectivity index (χ3v) is 4.58. The van der Waals surface area contributed by atoms with Crippen LogP contribution in [0.3, 0.4) is 0 Å². The van der Waals surface area contributed by atoms with Gasteiger partial charge >= 0.3 is 0 Å². The van der Waals surface area contributed by atoms with Crippen LogP contribution in [0.25, 0.3) is 5.65 Å². The van der Waals surface area contributed by atoms with Crippen LogP contribution in [0, 0.1) is 0 Å². The van der Waals surface area contributed by atoms with E-state index in [0.29, 0.717) is 12.5 Å². The van der Waals surface area contributed by atoms with Crippen molar-refractivity contribution in [2.24, 2.45) is 0 Å². The number of aromatic nitrogens is 3. The Labute approximate surface area is 129 Å². The number of ether oxygens (including phenoxy) is 2. The Morgan fingerprint density at radius 1 is 1.36 bits per heavy atom. The summed E-state index contributed by atoms with van der Waals surface area (Å²) in [5.41, 5.74) is 4.41. The summed E-state index contributed by atoms with van der Waals surface area (Å²) < 4.78 is 13.3. The first-order valence-electron chi connectivity index (χ1n) is 8.09. The molecule has 3 heterocycles. The van der Waals surface area contributed by atoms with E-state index in [-0.39, 0.29) is 0 Å². The zero-order chi connectivity index (χ0) is 14.9. The molecule has 2 aliphatic rings. The quantitative estimate of drug-likeness (QED) is 0.814. The van der Waals surface area contributed by atoms with Crippen molar-refractivity contribution < 1.29 is 9.47 Å². The van der Waals surface area contributed by atoms with Crippen molar-refractivity contribution in [1.29, 1.82) is 0 Å². The molecule has 5 nitrogen and oxygen atoms in total. The van der Waals surface area contributed by atoms with E-state index in [4.69, 9.17) is 19.6 Å². The second-order valence-electron chi connectivity index (χ2n) is 6.02. The SMILES string of the molecule is C=CCOc1c2c(nc3cc(C4CCOCC4)nn13)CCC2. The van der Waals surface area contributed by atoms with Crippen LogP contribution in [-0.2, 0) is 17.6 Å². The molecule has 116 valence electrons. The smallest absolute Gasteiger partial charge is 0.221 e. The molecule has 2 aromatic heterocycles. The molecule has 0 unspecified atom stereocenters. The molecule has 0 spiro atoms. The van der Waals surface area contributed by atoms with E-state index < -0.39 is 0 Å². The first kappa shape index (κ1) is 13.8. The van der Waals surface area contributed by atoms with Gasteiger partial charge in [-0.2, -0.15) is 9.61 Å². The van der Waals surface area contributed by atoms with Crippen molar-refractivity contribution in [1.82, 2.24) is 14.6 Å². The van der Waals surface area contributed by atoms with Crippen LogP contribution >= 0.6 is 0 Å². The molecular weight excluding hydrogens is 278 g/mol. The molecule has 1 saturated heterocycles. The van der Waals surface area contributed by atoms with Crippen molar-refractivity contribution in [3.05, 3.63) is 35.7 Å². The van der Waals surface area contributed by atoms with E-state index in [2.05, 4.69) is 12.6 Å². The molecule has 0 saturated carbocycles. The lowest BCUT2D eigenvalue weighted by Gasteiger charge is -2.19. The van der Waals surface area contributed by atoms with Crippen LogP contribution < -0.4 is 4.74 Å². The second kappa shape index (κ2) is 5.72. The average molecular weight is 299 g/mol. The van der Waals surface area contributed by atoms with E-state index in [1.807, 2.05) is 4.52 Å². The van der Waals surface area contributed by atoms with Crippen molar-refractivity contribution in [3.8, 4) is 5.88 Å². The topological polar surface area (TPSA) is 48.7 Å². The Balaban J connectivity index is 1.79. The van der Waals surface area contributed by atoms with Gasteiger partial charge in [-0.3, -0.25) is 0 Å². The Kier molecular flexibility index (Phi) is 3.58. The number of hydrogen-bond donors (Lipinski definition) is 0. The minimum absolute atomic E-state index is 0.470. The van der Waals surface area contributed by atoms with E-state index in [1.165, 1.54) is 11.3 Å². The molecule has 2 aromatic rings. The molecule has 0 radical (unpaired) electrons. The summed E-state index contributed by atoms with van der Waals surface area (Å²) in [4.78, 5) is 4.80. The van der Waals surface area contributed by atoms with Crippen LogP contribution in [0.5, 0.6) is 5.88 Å². The summed E-state index contributed by atoms with van der Waals surface area (Å²) in [6.45, 7) is 5.89. The van der Waals surface area contributed by atoms with E-state index >= 15 is 0 Å². The molecule has 4 rings (SSSR count). The highest BCUT2D eigenvalue weighted by Crippen LogP contribution is 2.33. The van der Waals surface area contributed by atoms with E-state index in [9.17, 15) is 0 Å². The monoisotopic (exact) mass is 299 g/mol. The molecule has 5 heteroatoms. The second-order valence-corrected chi connectivity index (χ2v) is 6.02. The Hall–Kier alpha value is -1.88. The van der Waals surface area contributed by atoms with Crippen LogP contribution in [0.1, 0.15) is 42.1 Å². The lowest BCUT2D eigenvalue weighted by atomic mass is 9.97. The largest absolute Gasteiger partial charge is 0.473 e. The third-order valence-electron chi connectivity index (χ3n) is 4.58. The molecule has 0 aromatic carbocycles. The van der Waals surface area contributed by atoms with Gasteiger partial charge in [0.1, 0.15) is 6.61 Å². The van der Waals surface area contributed by atoms with Gasteiger partial charge < -0.3 is 9.47 Å². The maximum Gasteiger partial charge on any atom is 0.221 e. The molecular formula is C17H21N3O2. The van der Waals surface area contributed by atoms with Gasteiger partial charge in [-0.15, -0.1) is 0 Å². The summed E-state index contributed by atoms with van der Waals surface area (Å²) in [5.74, 6) is 1.33. The van der Waals surface area contributed by atoms with Crippen molar-refractivity contribution in [2.45, 2.75) is 38.0 Å². The first-order chi connectivity index (χ1) is 10.9. The lowest BCUT2D eigenvalue weighted by Crippen LogP contribution is -2.14. The van der Waals surface area contributed by atoms with Crippen LogP contribution in [0.2, 0.25) is 0 Å². The van der Waals surface area contributed by atoms with E-state index in [0.717, 1.165) is 62.5 Å². The molecule has 0 N–H and O–H groups in total. The predicted octanol–water partition coefficient (Wildman–Crippen LogP) is 2.68. The zero-order valence-electron chi connectivity index (χ0n) is 12.8. The van der Waals surface area contributed by atoms with E-state index in [1.54, 1.807) is 6.08 Å². The normalized spacial score (nSPS) is 18.5. The van der Waals surface area contributed by atoms with Crippen LogP contribution in [-0.4, -0.2) is 34.4 Å². The number of nitrogens with zero attached hydrogens (tertiary/aromatic N) is 3. The number of fused-ring (bicyclic) bond motifs is 2. The fourth-order valence-corrected chi connectivity index (χ4v) is 3.44. The summed E-state index contributed by atoms with van der Waals surface area (Å²) in [6.07, 6.45) is 7.05. The molecule has 0 atom stereocenters. The lowest BCUT2D eigenvalue weighted by molar-refractivity contribution is 0.0844. The van der Waals surface area contributed by atoms with Gasteiger partial charge in [0.05, 0.1) is 11.4 Å². The Morgan fingerprint density at radius 2 is 2.23 bits per heavy atom. The zero-order valence-corrected chi connectivity index (χ0v) is 12.8. The summed E-state index contributed by atoms with van der Waals surface area (Å²) >= 11 is 0. The minimum atomic E-state index is 0.470. The third kappa shape index (κ3) is 2.29. The predicted molar refractivity (Wildman–Crippen MR) is 83.5 cm³/mol. The van der Waals surface area contributed by atoms with Crippen molar-refractivity contribution >= 4 is 5.65 Å². The fraction of sp³-hybridized carbons (Fsp3) is 0.529. The maximum atomic E-state index is 5.93. The van der Waals surface area contributed by atoms with Gasteiger partial charge in [0.15, 0.2) is 5.65 Å². The van der Waals surface area contributed by atoms with Gasteiger partial charge in [0.25, 0.3) is 0 Å². The van der Waals surface area contributed by atoms with Gasteiger partial charge in [-0.25, -0.2) is 4.98 Å². The molecule has 1 aliphatic carbocycles. The molecule has 1 fully saturated rings. The average Bonchev–Trinajstić information content (AvgIpc) is 3.18. The highest BCUT2D eigenvalue weighted by Gasteiger charge is 2.25. The Bertz CT molecular complexity index is 701. The van der Waals surface area contributed by atoms with Crippen molar-refractivity contribution in [3.63, 3.8) is 0 Å². The van der Waals surface area contributed by atoms with Crippen LogP contribution in [0.15, 0.2) is 18.7 Å². The summed E-state index contributed by atoms with van der Waals surface area (Å²) in [6, 6.07) is 2.12. The van der Waals surface area contributed by atoms with Gasteiger partial charge in [0, 0.05) is 30.8 Å². The number of aryl methyl sites for hydroxylation is 1. The molecule has 0 bridgehead atoms. The Morgan fingerprint density at radius 3 is 3.05 bits per heavy atom. The highest BCUT2D eigenvalue weighted by molar-refractivity contribution is 5.49. The van der Waals surface area contributed by atoms with Gasteiger partial charge in [-0.05, 0) is 32.1 Å². The van der Waals surface area contributed by atoms with Gasteiger partial charge in [-0.1, -0.05) is 12.7 Å². The molecule has 0 amide bonds. The van der Waals surface area contributed by atoms with Gasteiger partial charge in [0.2, 0.25) is 5.88 Å². The maximum absolute atomic E-state index is 5.93. The highest BCUT2D eigenvalue weighted by atomic mass is 16.5. The number of rotatable bonds is 4. The first-order valence-corrected chi connectivity index (χ1v) is 8.09. The standard InChI is InChI=1S/C17H21N3O2/c1-2-8-22-17-13-4-3-5-14(13)18-16-11-15(19-20(16)17)12-6-9-21-10-7-12/h2,11-12H,1,3-10H2. The molecule has 1 aliphatic heterocycles. The van der Waals surface area contributed by atoms with Crippen LogP contribution in [0.4, 0.5) is 0 Å². The molecule has 22 heavy (non-hydrogen) atoms. The summed E-state index contributed by atoms with van der Waals surface area (Å²) in [7, 11) is 0. The minimum Gasteiger partial charge on any atom is -0.473 e. The fourth-order valence-electron chi connectivity index (χ4n) is 3.44.